The van der Waals surface area contributed by atoms with Crippen molar-refractivity contribution in [2.75, 3.05) is 36.8 Å². The van der Waals surface area contributed by atoms with E-state index < -0.39 is 0 Å². The molecule has 0 radical (unpaired) electrons. The third kappa shape index (κ3) is 6.45. The van der Waals surface area contributed by atoms with Gasteiger partial charge in [-0.05, 0) is 37.1 Å². The summed E-state index contributed by atoms with van der Waals surface area (Å²) in [6.45, 7) is 9.71. The molecule has 1 aliphatic heterocycles. The molecule has 8 nitrogen and oxygen atoms in total. The SMILES string of the molecule is CCn1c(SCC(=O)N2CCN(c3ccccc3)CC2)nnc1[C@H](NC(=O)c1ccccc1Cl)C(C)C. The van der Waals surface area contributed by atoms with Gasteiger partial charge in [0, 0.05) is 38.4 Å². The summed E-state index contributed by atoms with van der Waals surface area (Å²) in [4.78, 5) is 30.1. The fraction of sp³-hybridized carbons (Fsp3) is 0.407. The van der Waals surface area contributed by atoms with Crippen LogP contribution in [0.1, 0.15) is 43.0 Å². The Labute approximate surface area is 227 Å². The lowest BCUT2D eigenvalue weighted by Crippen LogP contribution is -2.49. The van der Waals surface area contributed by atoms with E-state index in [1.807, 2.05) is 48.4 Å². The third-order valence-electron chi connectivity index (χ3n) is 6.49. The highest BCUT2D eigenvalue weighted by atomic mass is 35.5. The van der Waals surface area contributed by atoms with Crippen molar-refractivity contribution in [3.8, 4) is 0 Å². The molecule has 37 heavy (non-hydrogen) atoms. The minimum Gasteiger partial charge on any atom is -0.368 e. The minimum absolute atomic E-state index is 0.0707. The lowest BCUT2D eigenvalue weighted by Gasteiger charge is -2.36. The molecule has 3 aromatic rings. The van der Waals surface area contributed by atoms with Gasteiger partial charge in [-0.15, -0.1) is 10.2 Å². The molecule has 0 aliphatic carbocycles. The van der Waals surface area contributed by atoms with Crippen molar-refractivity contribution in [2.45, 2.75) is 38.5 Å². The number of piperazine rings is 1. The van der Waals surface area contributed by atoms with Crippen molar-refractivity contribution >= 4 is 40.9 Å². The zero-order chi connectivity index (χ0) is 26.4. The second-order valence-corrected chi connectivity index (χ2v) is 10.6. The Morgan fingerprint density at radius 2 is 1.68 bits per heavy atom. The third-order valence-corrected chi connectivity index (χ3v) is 7.77. The first kappa shape index (κ1) is 27.0. The molecule has 0 spiro atoms. The van der Waals surface area contributed by atoms with Gasteiger partial charge in [0.05, 0.1) is 22.4 Å². The number of carbonyl (C=O) groups is 2. The second-order valence-electron chi connectivity index (χ2n) is 9.25. The van der Waals surface area contributed by atoms with E-state index in [1.165, 1.54) is 17.4 Å². The van der Waals surface area contributed by atoms with Crippen LogP contribution in [0.4, 0.5) is 5.69 Å². The van der Waals surface area contributed by atoms with Gasteiger partial charge >= 0.3 is 0 Å². The average molecular weight is 541 g/mol. The van der Waals surface area contributed by atoms with E-state index in [4.69, 9.17) is 11.6 Å². The topological polar surface area (TPSA) is 83.4 Å². The number of hydrogen-bond acceptors (Lipinski definition) is 6. The summed E-state index contributed by atoms with van der Waals surface area (Å²) in [6, 6.07) is 16.9. The molecule has 1 aliphatic rings. The molecule has 1 fully saturated rings. The largest absolute Gasteiger partial charge is 0.368 e. The maximum absolute atomic E-state index is 13.0. The van der Waals surface area contributed by atoms with Crippen LogP contribution in [-0.2, 0) is 11.3 Å². The van der Waals surface area contributed by atoms with Crippen LogP contribution in [0.2, 0.25) is 5.02 Å². The number of carbonyl (C=O) groups excluding carboxylic acids is 2. The molecule has 2 heterocycles. The number of rotatable bonds is 9. The van der Waals surface area contributed by atoms with Crippen molar-refractivity contribution in [3.05, 3.63) is 71.0 Å². The molecule has 0 bridgehead atoms. The van der Waals surface area contributed by atoms with E-state index in [9.17, 15) is 9.59 Å². The summed E-state index contributed by atoms with van der Waals surface area (Å²) in [7, 11) is 0. The Morgan fingerprint density at radius 1 is 1.00 bits per heavy atom. The van der Waals surface area contributed by atoms with Gasteiger partial charge in [0.15, 0.2) is 11.0 Å². The van der Waals surface area contributed by atoms with Gasteiger partial charge in [0.2, 0.25) is 5.91 Å². The number of hydrogen-bond donors (Lipinski definition) is 1. The molecule has 1 aromatic heterocycles. The van der Waals surface area contributed by atoms with Crippen LogP contribution in [-0.4, -0.2) is 63.4 Å². The number of nitrogens with zero attached hydrogens (tertiary/aromatic N) is 5. The molecule has 1 atom stereocenters. The van der Waals surface area contributed by atoms with Gasteiger partial charge in [-0.25, -0.2) is 0 Å². The van der Waals surface area contributed by atoms with Gasteiger partial charge < -0.3 is 19.7 Å². The fourth-order valence-electron chi connectivity index (χ4n) is 4.40. The Hall–Kier alpha value is -3.04. The average Bonchev–Trinajstić information content (AvgIpc) is 3.33. The molecule has 0 saturated carbocycles. The lowest BCUT2D eigenvalue weighted by atomic mass is 10.0. The summed E-state index contributed by atoms with van der Waals surface area (Å²) in [5.41, 5.74) is 1.61. The first-order chi connectivity index (χ1) is 17.9. The van der Waals surface area contributed by atoms with Crippen molar-refractivity contribution in [2.24, 2.45) is 5.92 Å². The van der Waals surface area contributed by atoms with Crippen molar-refractivity contribution < 1.29 is 9.59 Å². The normalized spacial score (nSPS) is 14.6. The van der Waals surface area contributed by atoms with E-state index in [0.29, 0.717) is 47.0 Å². The van der Waals surface area contributed by atoms with Crippen LogP contribution >= 0.6 is 23.4 Å². The van der Waals surface area contributed by atoms with Crippen LogP contribution in [0.25, 0.3) is 0 Å². The van der Waals surface area contributed by atoms with Crippen molar-refractivity contribution in [1.29, 1.82) is 0 Å². The summed E-state index contributed by atoms with van der Waals surface area (Å²) >= 11 is 7.62. The number of thioether (sulfide) groups is 1. The standard InChI is InChI=1S/C27H33ClN6O2S/c1-4-34-25(24(19(2)3)29-26(36)21-12-8-9-13-22(21)28)30-31-27(34)37-18-23(35)33-16-14-32(15-17-33)20-10-6-5-7-11-20/h5-13,19,24H,4,14-18H2,1-3H3,(H,29,36)/t24-/m1/s1. The van der Waals surface area contributed by atoms with Gasteiger partial charge in [-0.1, -0.05) is 67.5 Å². The lowest BCUT2D eigenvalue weighted by molar-refractivity contribution is -0.128. The first-order valence-corrected chi connectivity index (χ1v) is 13.9. The zero-order valence-electron chi connectivity index (χ0n) is 21.4. The fourth-order valence-corrected chi connectivity index (χ4v) is 5.53. The number of benzene rings is 2. The molecule has 10 heteroatoms. The predicted octanol–water partition coefficient (Wildman–Crippen LogP) is 4.52. The molecule has 4 rings (SSSR count). The smallest absolute Gasteiger partial charge is 0.253 e. The van der Waals surface area contributed by atoms with Crippen LogP contribution in [0.15, 0.2) is 59.8 Å². The van der Waals surface area contributed by atoms with Crippen LogP contribution < -0.4 is 10.2 Å². The molecular formula is C27H33ClN6O2S. The number of nitrogens with one attached hydrogen (secondary N) is 1. The number of anilines is 1. The Kier molecular flexibility index (Phi) is 9.10. The van der Waals surface area contributed by atoms with E-state index in [0.717, 1.165) is 13.1 Å². The Balaban J connectivity index is 1.38. The molecule has 1 saturated heterocycles. The zero-order valence-corrected chi connectivity index (χ0v) is 23.0. The summed E-state index contributed by atoms with van der Waals surface area (Å²) in [5.74, 6) is 0.874. The summed E-state index contributed by atoms with van der Waals surface area (Å²) in [5, 5.41) is 13.0. The molecule has 0 unspecified atom stereocenters. The Bertz CT molecular complexity index is 1210. The number of para-hydroxylation sites is 1. The van der Waals surface area contributed by atoms with E-state index in [1.54, 1.807) is 24.3 Å². The monoisotopic (exact) mass is 540 g/mol. The highest BCUT2D eigenvalue weighted by molar-refractivity contribution is 7.99. The molecule has 2 aromatic carbocycles. The quantitative estimate of drug-likeness (QED) is 0.402. The highest BCUT2D eigenvalue weighted by Gasteiger charge is 2.27. The molecular weight excluding hydrogens is 508 g/mol. The van der Waals surface area contributed by atoms with E-state index >= 15 is 0 Å². The second kappa shape index (κ2) is 12.5. The maximum Gasteiger partial charge on any atom is 0.253 e. The highest BCUT2D eigenvalue weighted by Crippen LogP contribution is 2.27. The molecule has 196 valence electrons. The molecule has 1 N–H and O–H groups in total. The van der Waals surface area contributed by atoms with Crippen LogP contribution in [0.5, 0.6) is 0 Å². The summed E-state index contributed by atoms with van der Waals surface area (Å²) < 4.78 is 1.98. The van der Waals surface area contributed by atoms with E-state index in [-0.39, 0.29) is 23.8 Å². The Morgan fingerprint density at radius 3 is 2.32 bits per heavy atom. The summed E-state index contributed by atoms with van der Waals surface area (Å²) in [6.07, 6.45) is 0. The van der Waals surface area contributed by atoms with Gasteiger partial charge in [0.25, 0.3) is 5.91 Å². The molecule has 2 amide bonds. The number of amides is 2. The minimum atomic E-state index is -0.354. The maximum atomic E-state index is 13.0. The van der Waals surface area contributed by atoms with Crippen LogP contribution in [0, 0.1) is 5.92 Å². The van der Waals surface area contributed by atoms with Gasteiger partial charge in [-0.2, -0.15) is 0 Å². The van der Waals surface area contributed by atoms with Crippen molar-refractivity contribution in [3.63, 3.8) is 0 Å². The number of halogens is 1. The van der Waals surface area contributed by atoms with Crippen molar-refractivity contribution in [1.82, 2.24) is 25.0 Å². The van der Waals surface area contributed by atoms with Gasteiger partial charge in [0.1, 0.15) is 0 Å². The number of aromatic nitrogens is 3. The van der Waals surface area contributed by atoms with Crippen LogP contribution in [0.3, 0.4) is 0 Å². The van der Waals surface area contributed by atoms with E-state index in [2.05, 4.69) is 32.5 Å². The predicted molar refractivity (Wildman–Crippen MR) is 148 cm³/mol. The van der Waals surface area contributed by atoms with Gasteiger partial charge in [-0.3, -0.25) is 9.59 Å². The first-order valence-electron chi connectivity index (χ1n) is 12.6.